The van der Waals surface area contributed by atoms with Gasteiger partial charge in [0.25, 0.3) is 5.56 Å². The van der Waals surface area contributed by atoms with Crippen molar-refractivity contribution in [1.29, 1.82) is 0 Å². The number of hydrogen-bond acceptors (Lipinski definition) is 4. The fraction of sp³-hybridized carbons (Fsp3) is 0.118. The molecule has 0 saturated carbocycles. The minimum Gasteiger partial charge on any atom is -0.351 e. The number of benzene rings is 1. The Hall–Kier alpha value is -2.93. The van der Waals surface area contributed by atoms with Gasteiger partial charge in [-0.25, -0.2) is 4.98 Å². The van der Waals surface area contributed by atoms with Gasteiger partial charge in [0.05, 0.1) is 11.7 Å². The monoisotopic (exact) mass is 338 g/mol. The third-order valence-corrected chi connectivity index (χ3v) is 4.75. The predicted octanol–water partition coefficient (Wildman–Crippen LogP) is 2.59. The minimum atomic E-state index is -0.260. The molecule has 4 rings (SSSR count). The van der Waals surface area contributed by atoms with Crippen molar-refractivity contribution in [2.45, 2.75) is 6.54 Å². The maximum atomic E-state index is 12.3. The number of aryl methyl sites for hydroxylation is 1. The summed E-state index contributed by atoms with van der Waals surface area (Å²) in [6.07, 6.45) is 3.39. The van der Waals surface area contributed by atoms with Gasteiger partial charge in [-0.05, 0) is 35.7 Å². The van der Waals surface area contributed by atoms with Gasteiger partial charge in [0.1, 0.15) is 11.4 Å². The van der Waals surface area contributed by atoms with Gasteiger partial charge in [0, 0.05) is 29.8 Å². The summed E-state index contributed by atoms with van der Waals surface area (Å²) in [6.45, 7) is -0.0650. The Morgan fingerprint density at radius 1 is 1.29 bits per heavy atom. The van der Waals surface area contributed by atoms with Crippen LogP contribution in [0.1, 0.15) is 0 Å². The fourth-order valence-electron chi connectivity index (χ4n) is 2.72. The van der Waals surface area contributed by atoms with E-state index in [1.54, 1.807) is 6.07 Å². The number of carbonyl (C=O) groups excluding carboxylic acids is 1. The van der Waals surface area contributed by atoms with Crippen molar-refractivity contribution in [3.8, 4) is 0 Å². The molecule has 0 atom stereocenters. The molecule has 0 aliphatic rings. The number of amides is 1. The Kier molecular flexibility index (Phi) is 3.42. The molecule has 0 aliphatic carbocycles. The Labute approximate surface area is 141 Å². The summed E-state index contributed by atoms with van der Waals surface area (Å²) in [6, 6.07) is 9.44. The van der Waals surface area contributed by atoms with Gasteiger partial charge in [-0.2, -0.15) is 0 Å². The lowest BCUT2D eigenvalue weighted by Gasteiger charge is -2.08. The molecule has 0 saturated heterocycles. The van der Waals surface area contributed by atoms with Crippen LogP contribution in [0.4, 0.5) is 5.69 Å². The van der Waals surface area contributed by atoms with Crippen LogP contribution in [0.25, 0.3) is 21.1 Å². The molecule has 0 aliphatic heterocycles. The molecular formula is C17H14N4O2S. The number of anilines is 1. The highest BCUT2D eigenvalue weighted by atomic mass is 32.1. The average molecular weight is 338 g/mol. The Balaban J connectivity index is 1.56. The van der Waals surface area contributed by atoms with Crippen LogP contribution in [-0.4, -0.2) is 20.0 Å². The van der Waals surface area contributed by atoms with Crippen LogP contribution in [0.5, 0.6) is 0 Å². The van der Waals surface area contributed by atoms with E-state index < -0.39 is 0 Å². The topological polar surface area (TPSA) is 68.9 Å². The van der Waals surface area contributed by atoms with Crippen LogP contribution in [0.3, 0.4) is 0 Å². The Morgan fingerprint density at radius 2 is 2.17 bits per heavy atom. The summed E-state index contributed by atoms with van der Waals surface area (Å²) in [4.78, 5) is 29.4. The zero-order valence-corrected chi connectivity index (χ0v) is 13.7. The number of aromatic nitrogens is 3. The molecule has 3 aromatic heterocycles. The normalized spacial score (nSPS) is 11.2. The van der Waals surface area contributed by atoms with Gasteiger partial charge in [0.2, 0.25) is 5.91 Å². The third-order valence-electron chi connectivity index (χ3n) is 3.93. The van der Waals surface area contributed by atoms with Crippen LogP contribution in [0, 0.1) is 0 Å². The second-order valence-electron chi connectivity index (χ2n) is 5.57. The number of nitrogens with one attached hydrogen (secondary N) is 1. The number of carbonyl (C=O) groups is 1. The summed E-state index contributed by atoms with van der Waals surface area (Å²) in [7, 11) is 1.97. The molecule has 120 valence electrons. The minimum absolute atomic E-state index is 0.0650. The molecule has 3 heterocycles. The van der Waals surface area contributed by atoms with Gasteiger partial charge in [-0.3, -0.25) is 14.2 Å². The number of hydrogen-bond donors (Lipinski definition) is 1. The first kappa shape index (κ1) is 14.6. The van der Waals surface area contributed by atoms with Crippen LogP contribution in [0.15, 0.2) is 53.0 Å². The standard InChI is InChI=1S/C17H14N4O2S/c1-20-6-4-11-8-12(2-3-14(11)20)19-15(22)9-21-10-18-16-13(17(21)23)5-7-24-16/h2-8,10H,9H2,1H3,(H,19,22). The van der Waals surface area contributed by atoms with Gasteiger partial charge in [0.15, 0.2) is 0 Å². The Bertz CT molecular complexity index is 1120. The molecule has 1 aromatic carbocycles. The van der Waals surface area contributed by atoms with E-state index >= 15 is 0 Å². The zero-order valence-electron chi connectivity index (χ0n) is 12.9. The SMILES string of the molecule is Cn1ccc2cc(NC(=O)Cn3cnc4sccc4c3=O)ccc21. The molecule has 24 heavy (non-hydrogen) atoms. The van der Waals surface area contributed by atoms with Crippen molar-refractivity contribution in [3.05, 3.63) is 58.6 Å². The van der Waals surface area contributed by atoms with Crippen molar-refractivity contribution in [3.63, 3.8) is 0 Å². The largest absolute Gasteiger partial charge is 0.351 e. The van der Waals surface area contributed by atoms with E-state index in [9.17, 15) is 9.59 Å². The lowest BCUT2D eigenvalue weighted by Crippen LogP contribution is -2.27. The second kappa shape index (κ2) is 5.61. The third kappa shape index (κ3) is 2.48. The predicted molar refractivity (Wildman–Crippen MR) is 95.4 cm³/mol. The number of fused-ring (bicyclic) bond motifs is 2. The molecule has 1 amide bonds. The van der Waals surface area contributed by atoms with Gasteiger partial charge < -0.3 is 9.88 Å². The highest BCUT2D eigenvalue weighted by molar-refractivity contribution is 7.16. The second-order valence-corrected chi connectivity index (χ2v) is 6.46. The Morgan fingerprint density at radius 3 is 3.04 bits per heavy atom. The van der Waals surface area contributed by atoms with E-state index in [1.807, 2.05) is 47.5 Å². The summed E-state index contributed by atoms with van der Waals surface area (Å²) in [5, 5.41) is 6.24. The summed E-state index contributed by atoms with van der Waals surface area (Å²) in [5.41, 5.74) is 1.60. The molecule has 6 nitrogen and oxygen atoms in total. The molecule has 1 N–H and O–H groups in total. The summed E-state index contributed by atoms with van der Waals surface area (Å²) >= 11 is 1.41. The van der Waals surface area contributed by atoms with E-state index in [0.29, 0.717) is 15.9 Å². The average Bonchev–Trinajstić information content (AvgIpc) is 3.17. The number of nitrogens with zero attached hydrogens (tertiary/aromatic N) is 3. The molecular weight excluding hydrogens is 324 g/mol. The highest BCUT2D eigenvalue weighted by Gasteiger charge is 2.09. The van der Waals surface area contributed by atoms with Gasteiger partial charge in [-0.15, -0.1) is 11.3 Å². The molecule has 0 unspecified atom stereocenters. The molecule has 7 heteroatoms. The van der Waals surface area contributed by atoms with Crippen molar-refractivity contribution < 1.29 is 4.79 Å². The zero-order chi connectivity index (χ0) is 16.7. The lowest BCUT2D eigenvalue weighted by atomic mass is 10.2. The lowest BCUT2D eigenvalue weighted by molar-refractivity contribution is -0.116. The van der Waals surface area contributed by atoms with Crippen LogP contribution < -0.4 is 10.9 Å². The van der Waals surface area contributed by atoms with Gasteiger partial charge >= 0.3 is 0 Å². The first-order valence-corrected chi connectivity index (χ1v) is 8.27. The number of rotatable bonds is 3. The van der Waals surface area contributed by atoms with E-state index in [0.717, 1.165) is 10.9 Å². The quantitative estimate of drug-likeness (QED) is 0.624. The van der Waals surface area contributed by atoms with E-state index in [4.69, 9.17) is 0 Å². The van der Waals surface area contributed by atoms with E-state index in [-0.39, 0.29) is 18.0 Å². The van der Waals surface area contributed by atoms with Crippen LogP contribution >= 0.6 is 11.3 Å². The van der Waals surface area contributed by atoms with Crippen molar-refractivity contribution in [1.82, 2.24) is 14.1 Å². The maximum absolute atomic E-state index is 12.3. The molecule has 0 radical (unpaired) electrons. The molecule has 0 bridgehead atoms. The van der Waals surface area contributed by atoms with E-state index in [2.05, 4.69) is 10.3 Å². The molecule has 0 fully saturated rings. The first-order valence-electron chi connectivity index (χ1n) is 7.39. The van der Waals surface area contributed by atoms with Crippen LogP contribution in [0.2, 0.25) is 0 Å². The van der Waals surface area contributed by atoms with E-state index in [1.165, 1.54) is 22.2 Å². The van der Waals surface area contributed by atoms with Crippen molar-refractivity contribution >= 4 is 44.1 Å². The van der Waals surface area contributed by atoms with Crippen molar-refractivity contribution in [2.24, 2.45) is 7.05 Å². The van der Waals surface area contributed by atoms with Gasteiger partial charge in [-0.1, -0.05) is 0 Å². The number of thiophene rings is 1. The maximum Gasteiger partial charge on any atom is 0.262 e. The highest BCUT2D eigenvalue weighted by Crippen LogP contribution is 2.19. The molecule has 4 aromatic rings. The summed E-state index contributed by atoms with van der Waals surface area (Å²) in [5.74, 6) is -0.260. The van der Waals surface area contributed by atoms with Crippen molar-refractivity contribution in [2.75, 3.05) is 5.32 Å². The fourth-order valence-corrected chi connectivity index (χ4v) is 3.44. The summed E-state index contributed by atoms with van der Waals surface area (Å²) < 4.78 is 3.34. The smallest absolute Gasteiger partial charge is 0.262 e. The van der Waals surface area contributed by atoms with Crippen LogP contribution in [-0.2, 0) is 18.4 Å². The molecule has 0 spiro atoms. The first-order chi connectivity index (χ1) is 11.6.